The Bertz CT molecular complexity index is 621. The van der Waals surface area contributed by atoms with Crippen LogP contribution in [-0.4, -0.2) is 82.9 Å². The van der Waals surface area contributed by atoms with Crippen molar-refractivity contribution in [3.05, 3.63) is 0 Å². The van der Waals surface area contributed by atoms with Crippen LogP contribution in [0.1, 0.15) is 25.7 Å². The van der Waals surface area contributed by atoms with E-state index in [2.05, 4.69) is 28.6 Å². The number of carboxylic acids is 1. The summed E-state index contributed by atoms with van der Waals surface area (Å²) >= 11 is 3.79. The van der Waals surface area contributed by atoms with E-state index in [4.69, 9.17) is 22.3 Å². The number of unbranched alkanes of at least 4 members (excludes halogenated alkanes) is 1. The molecular formula is C16H30N6O7S. The molecule has 0 aromatic heterocycles. The van der Waals surface area contributed by atoms with Gasteiger partial charge in [-0.1, -0.05) is 6.42 Å². The lowest BCUT2D eigenvalue weighted by atomic mass is 10.1. The van der Waals surface area contributed by atoms with Crippen molar-refractivity contribution < 1.29 is 34.2 Å². The zero-order valence-electron chi connectivity index (χ0n) is 16.4. The Morgan fingerprint density at radius 1 is 0.900 bits per heavy atom. The highest BCUT2D eigenvalue weighted by Gasteiger charge is 2.30. The monoisotopic (exact) mass is 450 g/mol. The summed E-state index contributed by atoms with van der Waals surface area (Å²) in [6.45, 7) is -0.437. The van der Waals surface area contributed by atoms with Crippen LogP contribution in [0.15, 0.2) is 0 Å². The predicted molar refractivity (Wildman–Crippen MR) is 109 cm³/mol. The van der Waals surface area contributed by atoms with Crippen molar-refractivity contribution in [3.63, 3.8) is 0 Å². The van der Waals surface area contributed by atoms with Crippen molar-refractivity contribution in [2.75, 3.05) is 18.9 Å². The average molecular weight is 451 g/mol. The molecule has 0 aliphatic heterocycles. The molecule has 0 aliphatic rings. The van der Waals surface area contributed by atoms with E-state index < -0.39 is 66.8 Å². The Hall–Kier alpha value is -2.42. The number of aliphatic carboxylic acids is 1. The SMILES string of the molecule is NCCCCC(N)C(=O)NC(CC(N)=O)C(=O)NC(CO)C(=O)NC(CS)C(=O)O. The molecule has 0 heterocycles. The van der Waals surface area contributed by atoms with Crippen LogP contribution in [0.3, 0.4) is 0 Å². The molecule has 0 aliphatic carbocycles. The molecule has 0 radical (unpaired) electrons. The van der Waals surface area contributed by atoms with Crippen LogP contribution < -0.4 is 33.2 Å². The third-order valence-corrected chi connectivity index (χ3v) is 4.32. The second-order valence-corrected chi connectivity index (χ2v) is 6.81. The molecule has 14 heteroatoms. The second kappa shape index (κ2) is 14.5. The number of nitrogens with two attached hydrogens (primary N) is 3. The van der Waals surface area contributed by atoms with Crippen LogP contribution in [0.25, 0.3) is 0 Å². The van der Waals surface area contributed by atoms with Gasteiger partial charge in [0, 0.05) is 5.75 Å². The first kappa shape index (κ1) is 27.6. The third-order valence-electron chi connectivity index (χ3n) is 3.96. The first-order chi connectivity index (χ1) is 14.1. The minimum Gasteiger partial charge on any atom is -0.480 e. The van der Waals surface area contributed by atoms with Crippen molar-refractivity contribution in [2.45, 2.75) is 49.9 Å². The van der Waals surface area contributed by atoms with Crippen molar-refractivity contribution in [2.24, 2.45) is 17.2 Å². The molecule has 0 saturated heterocycles. The summed E-state index contributed by atoms with van der Waals surface area (Å²) < 4.78 is 0. The fourth-order valence-corrected chi connectivity index (χ4v) is 2.50. The number of aliphatic hydroxyl groups excluding tert-OH is 1. The number of nitrogens with one attached hydrogen (secondary N) is 3. The largest absolute Gasteiger partial charge is 0.480 e. The molecule has 172 valence electrons. The smallest absolute Gasteiger partial charge is 0.327 e. The highest BCUT2D eigenvalue weighted by Crippen LogP contribution is 2.01. The number of aliphatic hydroxyl groups is 1. The fraction of sp³-hybridized carbons (Fsp3) is 0.688. The number of carbonyl (C=O) groups excluding carboxylic acids is 4. The molecule has 4 atom stereocenters. The highest BCUT2D eigenvalue weighted by molar-refractivity contribution is 7.80. The first-order valence-electron chi connectivity index (χ1n) is 9.16. The van der Waals surface area contributed by atoms with Gasteiger partial charge in [-0.05, 0) is 19.4 Å². The number of carbonyl (C=O) groups is 5. The van der Waals surface area contributed by atoms with Crippen LogP contribution in [0.5, 0.6) is 0 Å². The van der Waals surface area contributed by atoms with E-state index in [0.29, 0.717) is 25.8 Å². The quantitative estimate of drug-likeness (QED) is 0.0866. The Balaban J connectivity index is 5.10. The van der Waals surface area contributed by atoms with Gasteiger partial charge in [0.25, 0.3) is 0 Å². The normalized spacial score (nSPS) is 14.7. The van der Waals surface area contributed by atoms with Crippen molar-refractivity contribution >= 4 is 42.2 Å². The topological polar surface area (TPSA) is 240 Å². The van der Waals surface area contributed by atoms with Gasteiger partial charge in [-0.25, -0.2) is 4.79 Å². The molecule has 0 spiro atoms. The van der Waals surface area contributed by atoms with E-state index in [1.54, 1.807) is 0 Å². The highest BCUT2D eigenvalue weighted by atomic mass is 32.1. The van der Waals surface area contributed by atoms with Crippen molar-refractivity contribution in [3.8, 4) is 0 Å². The van der Waals surface area contributed by atoms with Crippen LogP contribution in [0.2, 0.25) is 0 Å². The van der Waals surface area contributed by atoms with Crippen LogP contribution in [0, 0.1) is 0 Å². The summed E-state index contributed by atoms with van der Waals surface area (Å²) in [5, 5.41) is 24.8. The second-order valence-electron chi connectivity index (χ2n) is 6.45. The van der Waals surface area contributed by atoms with E-state index in [0.717, 1.165) is 0 Å². The summed E-state index contributed by atoms with van der Waals surface area (Å²) in [6, 6.07) is -5.29. The summed E-state index contributed by atoms with van der Waals surface area (Å²) in [7, 11) is 0. The Morgan fingerprint density at radius 2 is 1.43 bits per heavy atom. The maximum Gasteiger partial charge on any atom is 0.327 e. The standard InChI is InChI=1S/C16H30N6O7S/c17-4-2-1-3-8(18)13(25)20-9(5-12(19)24)14(26)21-10(6-23)15(27)22-11(7-30)16(28)29/h8-11,23,30H,1-7,17-18H2,(H2,19,24)(H,20,25)(H,21,26)(H,22,27)(H,28,29). The molecule has 30 heavy (non-hydrogen) atoms. The number of carboxylic acid groups (broad SMARTS) is 1. The molecule has 11 N–H and O–H groups in total. The summed E-state index contributed by atoms with van der Waals surface area (Å²) in [4.78, 5) is 59.0. The summed E-state index contributed by atoms with van der Waals surface area (Å²) in [6.07, 6.45) is 0.959. The lowest BCUT2D eigenvalue weighted by Gasteiger charge is -2.23. The molecular weight excluding hydrogens is 420 g/mol. The van der Waals surface area contributed by atoms with E-state index in [-0.39, 0.29) is 5.75 Å². The number of amides is 4. The number of thiol groups is 1. The van der Waals surface area contributed by atoms with Crippen LogP contribution >= 0.6 is 12.6 Å². The number of rotatable bonds is 15. The number of primary amides is 1. The van der Waals surface area contributed by atoms with Gasteiger partial charge in [0.2, 0.25) is 23.6 Å². The molecule has 0 aromatic rings. The minimum absolute atomic E-state index is 0.227. The maximum absolute atomic E-state index is 12.4. The molecule has 13 nitrogen and oxygen atoms in total. The molecule has 0 aromatic carbocycles. The van der Waals surface area contributed by atoms with E-state index in [9.17, 15) is 29.1 Å². The molecule has 0 saturated carbocycles. The molecule has 0 bridgehead atoms. The van der Waals surface area contributed by atoms with Gasteiger partial charge in [0.1, 0.15) is 18.1 Å². The van der Waals surface area contributed by atoms with Gasteiger partial charge in [0.15, 0.2) is 0 Å². The summed E-state index contributed by atoms with van der Waals surface area (Å²) in [5.41, 5.74) is 16.2. The fourth-order valence-electron chi connectivity index (χ4n) is 2.25. The van der Waals surface area contributed by atoms with Gasteiger partial charge >= 0.3 is 5.97 Å². The Morgan fingerprint density at radius 3 is 1.90 bits per heavy atom. The Kier molecular flexibility index (Phi) is 13.4. The van der Waals surface area contributed by atoms with Gasteiger partial charge < -0.3 is 43.4 Å². The lowest BCUT2D eigenvalue weighted by Crippen LogP contribution is -2.58. The van der Waals surface area contributed by atoms with E-state index in [1.807, 2.05) is 0 Å². The van der Waals surface area contributed by atoms with Crippen molar-refractivity contribution in [1.29, 1.82) is 0 Å². The van der Waals surface area contributed by atoms with Gasteiger partial charge in [-0.15, -0.1) is 0 Å². The lowest BCUT2D eigenvalue weighted by molar-refractivity contribution is -0.142. The Labute approximate surface area is 178 Å². The zero-order valence-corrected chi connectivity index (χ0v) is 17.3. The molecule has 0 fully saturated rings. The zero-order chi connectivity index (χ0) is 23.3. The minimum atomic E-state index is -1.54. The predicted octanol–water partition coefficient (Wildman–Crippen LogP) is -4.22. The average Bonchev–Trinajstić information content (AvgIpc) is 2.68. The van der Waals surface area contributed by atoms with Gasteiger partial charge in [0.05, 0.1) is 19.1 Å². The van der Waals surface area contributed by atoms with Gasteiger partial charge in [-0.3, -0.25) is 19.2 Å². The van der Waals surface area contributed by atoms with Crippen molar-refractivity contribution in [1.82, 2.24) is 16.0 Å². The van der Waals surface area contributed by atoms with Crippen LogP contribution in [0.4, 0.5) is 0 Å². The third kappa shape index (κ3) is 10.4. The van der Waals surface area contributed by atoms with Gasteiger partial charge in [-0.2, -0.15) is 12.6 Å². The van der Waals surface area contributed by atoms with E-state index in [1.165, 1.54) is 0 Å². The molecule has 4 amide bonds. The maximum atomic E-state index is 12.4. The number of hydrogen-bond acceptors (Lipinski definition) is 9. The van der Waals surface area contributed by atoms with Crippen LogP contribution in [-0.2, 0) is 24.0 Å². The number of hydrogen-bond donors (Lipinski definition) is 9. The van der Waals surface area contributed by atoms with E-state index >= 15 is 0 Å². The summed E-state index contributed by atoms with van der Waals surface area (Å²) in [5.74, 6) is -5.17. The molecule has 4 unspecified atom stereocenters. The molecule has 0 rings (SSSR count). The first-order valence-corrected chi connectivity index (χ1v) is 9.80.